The van der Waals surface area contributed by atoms with Crippen molar-refractivity contribution in [2.45, 2.75) is 19.4 Å². The lowest BCUT2D eigenvalue weighted by Crippen LogP contribution is -2.47. The smallest absolute Gasteiger partial charge is 0.226 e. The Labute approximate surface area is 119 Å². The Bertz CT molecular complexity index is 449. The number of rotatable bonds is 5. The third kappa shape index (κ3) is 4.21. The third-order valence-electron chi connectivity index (χ3n) is 3.27. The van der Waals surface area contributed by atoms with Crippen molar-refractivity contribution >= 4 is 5.91 Å². The molecule has 1 saturated heterocycles. The number of nitrogens with zero attached hydrogens (tertiary/aromatic N) is 1. The van der Waals surface area contributed by atoms with E-state index in [-0.39, 0.29) is 18.6 Å². The minimum atomic E-state index is -0.259. The first kappa shape index (κ1) is 14.8. The van der Waals surface area contributed by atoms with Crippen LogP contribution in [0.5, 0.6) is 5.75 Å². The van der Waals surface area contributed by atoms with Crippen LogP contribution in [-0.2, 0) is 9.53 Å². The van der Waals surface area contributed by atoms with Crippen LogP contribution in [0.2, 0.25) is 0 Å². The third-order valence-corrected chi connectivity index (χ3v) is 3.27. The molecule has 0 spiro atoms. The standard InChI is InChI=1S/C15H21NO4/c1-12-3-2-4-13(9-12)19-7-5-15(18)16-6-8-20-14(10-16)11-17/h2-4,9,14,17H,5-8,10-11H2,1H3. The maximum absolute atomic E-state index is 12.0. The molecule has 1 unspecified atom stereocenters. The first-order chi connectivity index (χ1) is 9.69. The van der Waals surface area contributed by atoms with Crippen molar-refractivity contribution < 1.29 is 19.4 Å². The van der Waals surface area contributed by atoms with E-state index in [9.17, 15) is 4.79 Å². The molecule has 1 aliphatic heterocycles. The van der Waals surface area contributed by atoms with Crippen LogP contribution < -0.4 is 4.74 Å². The van der Waals surface area contributed by atoms with Gasteiger partial charge < -0.3 is 19.5 Å². The second kappa shape index (κ2) is 7.26. The molecule has 1 amide bonds. The number of morpholine rings is 1. The summed E-state index contributed by atoms with van der Waals surface area (Å²) in [5.41, 5.74) is 1.13. The summed E-state index contributed by atoms with van der Waals surface area (Å²) in [4.78, 5) is 13.8. The number of hydrogen-bond donors (Lipinski definition) is 1. The van der Waals surface area contributed by atoms with E-state index in [0.29, 0.717) is 32.7 Å². The average Bonchev–Trinajstić information content (AvgIpc) is 2.47. The van der Waals surface area contributed by atoms with Gasteiger partial charge >= 0.3 is 0 Å². The van der Waals surface area contributed by atoms with Crippen molar-refractivity contribution in [3.05, 3.63) is 29.8 Å². The zero-order valence-corrected chi connectivity index (χ0v) is 11.7. The summed E-state index contributed by atoms with van der Waals surface area (Å²) >= 11 is 0. The molecule has 0 saturated carbocycles. The van der Waals surface area contributed by atoms with Gasteiger partial charge in [0, 0.05) is 13.1 Å². The van der Waals surface area contributed by atoms with Gasteiger partial charge in [0.25, 0.3) is 0 Å². The van der Waals surface area contributed by atoms with Crippen molar-refractivity contribution in [3.8, 4) is 5.75 Å². The topological polar surface area (TPSA) is 59.0 Å². The minimum absolute atomic E-state index is 0.0411. The van der Waals surface area contributed by atoms with Crippen LogP contribution >= 0.6 is 0 Å². The average molecular weight is 279 g/mol. The van der Waals surface area contributed by atoms with Crippen LogP contribution in [-0.4, -0.2) is 54.9 Å². The zero-order valence-electron chi connectivity index (χ0n) is 11.7. The Balaban J connectivity index is 1.75. The Morgan fingerprint density at radius 1 is 1.55 bits per heavy atom. The van der Waals surface area contributed by atoms with Gasteiger partial charge in [-0.3, -0.25) is 4.79 Å². The van der Waals surface area contributed by atoms with Gasteiger partial charge in [0.05, 0.1) is 32.3 Å². The van der Waals surface area contributed by atoms with E-state index < -0.39 is 0 Å². The molecular formula is C15H21NO4. The van der Waals surface area contributed by atoms with Crippen molar-refractivity contribution in [1.29, 1.82) is 0 Å². The van der Waals surface area contributed by atoms with Gasteiger partial charge in [0.2, 0.25) is 5.91 Å². The molecular weight excluding hydrogens is 258 g/mol. The fourth-order valence-electron chi connectivity index (χ4n) is 2.18. The quantitative estimate of drug-likeness (QED) is 0.873. The Kier molecular flexibility index (Phi) is 5.38. The molecule has 20 heavy (non-hydrogen) atoms. The summed E-state index contributed by atoms with van der Waals surface area (Å²) in [7, 11) is 0. The first-order valence-corrected chi connectivity index (χ1v) is 6.89. The number of amides is 1. The second-order valence-electron chi connectivity index (χ2n) is 4.93. The highest BCUT2D eigenvalue weighted by atomic mass is 16.5. The maximum Gasteiger partial charge on any atom is 0.226 e. The molecule has 1 N–H and O–H groups in total. The summed E-state index contributed by atoms with van der Waals surface area (Å²) in [5, 5.41) is 9.05. The van der Waals surface area contributed by atoms with Crippen LogP contribution in [0, 0.1) is 6.92 Å². The lowest BCUT2D eigenvalue weighted by atomic mass is 10.2. The number of ether oxygens (including phenoxy) is 2. The Hall–Kier alpha value is -1.59. The number of aryl methyl sites for hydroxylation is 1. The van der Waals surface area contributed by atoms with Gasteiger partial charge in [-0.15, -0.1) is 0 Å². The van der Waals surface area contributed by atoms with Gasteiger partial charge in [0.1, 0.15) is 5.75 Å². The van der Waals surface area contributed by atoms with Crippen molar-refractivity contribution in [1.82, 2.24) is 4.90 Å². The molecule has 0 aliphatic carbocycles. The lowest BCUT2D eigenvalue weighted by Gasteiger charge is -2.32. The predicted octanol–water partition coefficient (Wildman–Crippen LogP) is 0.984. The fourth-order valence-corrected chi connectivity index (χ4v) is 2.18. The van der Waals surface area contributed by atoms with E-state index in [4.69, 9.17) is 14.6 Å². The van der Waals surface area contributed by atoms with Gasteiger partial charge in [0.15, 0.2) is 0 Å². The summed E-state index contributed by atoms with van der Waals surface area (Å²) in [5.74, 6) is 0.826. The molecule has 0 aromatic heterocycles. The van der Waals surface area contributed by atoms with Gasteiger partial charge in [-0.05, 0) is 24.6 Å². The minimum Gasteiger partial charge on any atom is -0.493 e. The van der Waals surface area contributed by atoms with Crippen LogP contribution in [0.3, 0.4) is 0 Å². The van der Waals surface area contributed by atoms with Gasteiger partial charge in [-0.2, -0.15) is 0 Å². The lowest BCUT2D eigenvalue weighted by molar-refractivity contribution is -0.140. The summed E-state index contributed by atoms with van der Waals surface area (Å²) in [6, 6.07) is 7.76. The number of carbonyl (C=O) groups is 1. The molecule has 0 bridgehead atoms. The summed E-state index contributed by atoms with van der Waals surface area (Å²) in [6.07, 6.45) is 0.0805. The normalized spacial score (nSPS) is 18.9. The first-order valence-electron chi connectivity index (χ1n) is 6.89. The zero-order chi connectivity index (χ0) is 14.4. The van der Waals surface area contributed by atoms with Crippen LogP contribution in [0.15, 0.2) is 24.3 Å². The van der Waals surface area contributed by atoms with Gasteiger partial charge in [-0.25, -0.2) is 0 Å². The molecule has 5 heteroatoms. The number of benzene rings is 1. The predicted molar refractivity (Wildman–Crippen MR) is 74.7 cm³/mol. The van der Waals surface area contributed by atoms with Crippen molar-refractivity contribution in [2.24, 2.45) is 0 Å². The largest absolute Gasteiger partial charge is 0.493 e. The van der Waals surface area contributed by atoms with E-state index in [2.05, 4.69) is 0 Å². The monoisotopic (exact) mass is 279 g/mol. The molecule has 110 valence electrons. The van der Waals surface area contributed by atoms with Crippen LogP contribution in [0.4, 0.5) is 0 Å². The highest BCUT2D eigenvalue weighted by molar-refractivity contribution is 5.76. The summed E-state index contributed by atoms with van der Waals surface area (Å²) < 4.78 is 10.9. The SMILES string of the molecule is Cc1cccc(OCCC(=O)N2CCOC(CO)C2)c1. The Morgan fingerprint density at radius 3 is 3.15 bits per heavy atom. The van der Waals surface area contributed by atoms with E-state index in [1.807, 2.05) is 31.2 Å². The molecule has 1 heterocycles. The van der Waals surface area contributed by atoms with E-state index >= 15 is 0 Å². The molecule has 2 rings (SSSR count). The highest BCUT2D eigenvalue weighted by Crippen LogP contribution is 2.13. The van der Waals surface area contributed by atoms with Crippen molar-refractivity contribution in [2.75, 3.05) is 32.9 Å². The van der Waals surface area contributed by atoms with Crippen LogP contribution in [0.25, 0.3) is 0 Å². The number of hydrogen-bond acceptors (Lipinski definition) is 4. The molecule has 1 aliphatic rings. The van der Waals surface area contributed by atoms with Crippen LogP contribution in [0.1, 0.15) is 12.0 Å². The fraction of sp³-hybridized carbons (Fsp3) is 0.533. The highest BCUT2D eigenvalue weighted by Gasteiger charge is 2.23. The van der Waals surface area contributed by atoms with E-state index in [0.717, 1.165) is 11.3 Å². The van der Waals surface area contributed by atoms with Crippen molar-refractivity contribution in [3.63, 3.8) is 0 Å². The second-order valence-corrected chi connectivity index (χ2v) is 4.93. The van der Waals surface area contributed by atoms with E-state index in [1.165, 1.54) is 0 Å². The van der Waals surface area contributed by atoms with Gasteiger partial charge in [-0.1, -0.05) is 12.1 Å². The molecule has 1 fully saturated rings. The Morgan fingerprint density at radius 2 is 2.40 bits per heavy atom. The molecule has 1 aromatic rings. The number of carbonyl (C=O) groups excluding carboxylic acids is 1. The number of aliphatic hydroxyl groups is 1. The molecule has 1 atom stereocenters. The van der Waals surface area contributed by atoms with E-state index in [1.54, 1.807) is 4.90 Å². The summed E-state index contributed by atoms with van der Waals surface area (Å²) in [6.45, 7) is 3.84. The maximum atomic E-state index is 12.0. The molecule has 1 aromatic carbocycles. The molecule has 0 radical (unpaired) electrons. The number of aliphatic hydroxyl groups excluding tert-OH is 1. The molecule has 5 nitrogen and oxygen atoms in total.